The van der Waals surface area contributed by atoms with Gasteiger partial charge >= 0.3 is 5.97 Å². The van der Waals surface area contributed by atoms with E-state index >= 15 is 0 Å². The molecule has 0 aromatic carbocycles. The Kier molecular flexibility index (Phi) is 6.01. The first kappa shape index (κ1) is 18.2. The molecule has 0 radical (unpaired) electrons. The molecule has 1 aromatic rings. The SMILES string of the molecule is CCCN(C1CCNC1)S(=O)(=O)c1sc(C(=O)OC)cc1OC. The second-order valence-corrected chi connectivity index (χ2v) is 8.36. The van der Waals surface area contributed by atoms with Crippen molar-refractivity contribution in [1.29, 1.82) is 0 Å². The lowest BCUT2D eigenvalue weighted by atomic mass is 10.2. The molecule has 0 spiro atoms. The normalized spacial score (nSPS) is 18.3. The third-order valence-electron chi connectivity index (χ3n) is 3.70. The fourth-order valence-corrected chi connectivity index (χ4v) is 5.95. The van der Waals surface area contributed by atoms with E-state index < -0.39 is 16.0 Å². The highest BCUT2D eigenvalue weighted by atomic mass is 32.2. The highest BCUT2D eigenvalue weighted by molar-refractivity contribution is 7.91. The van der Waals surface area contributed by atoms with E-state index in [4.69, 9.17) is 4.74 Å². The summed E-state index contributed by atoms with van der Waals surface area (Å²) in [6, 6.07) is 1.34. The average molecular weight is 362 g/mol. The number of carbonyl (C=O) groups is 1. The van der Waals surface area contributed by atoms with Crippen molar-refractivity contribution in [3.8, 4) is 5.75 Å². The quantitative estimate of drug-likeness (QED) is 0.736. The Hall–Kier alpha value is -1.16. The number of esters is 1. The van der Waals surface area contributed by atoms with Crippen LogP contribution in [0.3, 0.4) is 0 Å². The summed E-state index contributed by atoms with van der Waals surface area (Å²) in [7, 11) is -1.08. The van der Waals surface area contributed by atoms with Crippen LogP contribution in [0.2, 0.25) is 0 Å². The van der Waals surface area contributed by atoms with Crippen molar-refractivity contribution in [1.82, 2.24) is 9.62 Å². The number of hydrogen-bond donors (Lipinski definition) is 1. The Morgan fingerprint density at radius 2 is 2.22 bits per heavy atom. The molecular weight excluding hydrogens is 340 g/mol. The number of nitrogens with zero attached hydrogens (tertiary/aromatic N) is 1. The summed E-state index contributed by atoms with van der Waals surface area (Å²) in [6.45, 7) is 3.81. The van der Waals surface area contributed by atoms with Crippen molar-refractivity contribution < 1.29 is 22.7 Å². The Morgan fingerprint density at radius 3 is 2.74 bits per heavy atom. The van der Waals surface area contributed by atoms with Crippen LogP contribution in [-0.2, 0) is 14.8 Å². The van der Waals surface area contributed by atoms with Gasteiger partial charge < -0.3 is 14.8 Å². The fourth-order valence-electron chi connectivity index (χ4n) is 2.59. The number of hydrogen-bond acceptors (Lipinski definition) is 7. The van der Waals surface area contributed by atoms with Crippen molar-refractivity contribution in [2.75, 3.05) is 33.9 Å². The van der Waals surface area contributed by atoms with Crippen molar-refractivity contribution in [2.45, 2.75) is 30.0 Å². The van der Waals surface area contributed by atoms with Crippen LogP contribution < -0.4 is 10.1 Å². The van der Waals surface area contributed by atoms with E-state index in [1.807, 2.05) is 6.92 Å². The zero-order valence-electron chi connectivity index (χ0n) is 13.5. The topological polar surface area (TPSA) is 84.9 Å². The largest absolute Gasteiger partial charge is 0.494 e. The van der Waals surface area contributed by atoms with Gasteiger partial charge in [0.1, 0.15) is 4.88 Å². The third-order valence-corrected chi connectivity index (χ3v) is 7.24. The van der Waals surface area contributed by atoms with E-state index in [9.17, 15) is 13.2 Å². The first-order chi connectivity index (χ1) is 11.0. The van der Waals surface area contributed by atoms with Gasteiger partial charge in [-0.3, -0.25) is 0 Å². The summed E-state index contributed by atoms with van der Waals surface area (Å²) in [4.78, 5) is 11.9. The third kappa shape index (κ3) is 3.68. The van der Waals surface area contributed by atoms with E-state index in [1.165, 1.54) is 24.6 Å². The molecular formula is C14H22N2O5S2. The molecule has 1 atom stereocenters. The average Bonchev–Trinajstić information content (AvgIpc) is 3.20. The second kappa shape index (κ2) is 7.61. The van der Waals surface area contributed by atoms with Crippen LogP contribution in [-0.4, -0.2) is 58.6 Å². The van der Waals surface area contributed by atoms with Gasteiger partial charge in [-0.05, 0) is 19.4 Å². The summed E-state index contributed by atoms with van der Waals surface area (Å²) in [5, 5.41) is 3.19. The molecule has 23 heavy (non-hydrogen) atoms. The van der Waals surface area contributed by atoms with Gasteiger partial charge in [0.15, 0.2) is 9.96 Å². The van der Waals surface area contributed by atoms with E-state index in [0.29, 0.717) is 19.5 Å². The van der Waals surface area contributed by atoms with Crippen molar-refractivity contribution in [2.24, 2.45) is 0 Å². The fraction of sp³-hybridized carbons (Fsp3) is 0.643. The van der Waals surface area contributed by atoms with E-state index in [-0.39, 0.29) is 20.9 Å². The molecule has 0 aliphatic carbocycles. The van der Waals surface area contributed by atoms with Crippen LogP contribution in [0.25, 0.3) is 0 Å². The predicted molar refractivity (Wildman–Crippen MR) is 87.7 cm³/mol. The first-order valence-electron chi connectivity index (χ1n) is 7.44. The molecule has 2 heterocycles. The second-order valence-electron chi connectivity index (χ2n) is 5.22. The van der Waals surface area contributed by atoms with Crippen molar-refractivity contribution >= 4 is 27.3 Å². The molecule has 9 heteroatoms. The molecule has 1 saturated heterocycles. The smallest absolute Gasteiger partial charge is 0.348 e. The number of carbonyl (C=O) groups excluding carboxylic acids is 1. The van der Waals surface area contributed by atoms with Crippen LogP contribution in [0.5, 0.6) is 5.75 Å². The highest BCUT2D eigenvalue weighted by Crippen LogP contribution is 2.37. The van der Waals surface area contributed by atoms with E-state index in [0.717, 1.165) is 24.3 Å². The van der Waals surface area contributed by atoms with Gasteiger partial charge in [-0.2, -0.15) is 4.31 Å². The minimum Gasteiger partial charge on any atom is -0.494 e. The zero-order chi connectivity index (χ0) is 17.0. The first-order valence-corrected chi connectivity index (χ1v) is 9.70. The highest BCUT2D eigenvalue weighted by Gasteiger charge is 2.36. The van der Waals surface area contributed by atoms with Gasteiger partial charge in [0.2, 0.25) is 0 Å². The summed E-state index contributed by atoms with van der Waals surface area (Å²) >= 11 is 0.887. The van der Waals surface area contributed by atoms with Gasteiger partial charge in [-0.25, -0.2) is 13.2 Å². The Bertz CT molecular complexity index is 650. The van der Waals surface area contributed by atoms with Gasteiger partial charge in [0, 0.05) is 25.2 Å². The van der Waals surface area contributed by atoms with Crippen LogP contribution in [0.4, 0.5) is 0 Å². The van der Waals surface area contributed by atoms with Crippen molar-refractivity contribution in [3.05, 3.63) is 10.9 Å². The van der Waals surface area contributed by atoms with Gasteiger partial charge in [0.25, 0.3) is 10.0 Å². The minimum atomic E-state index is -3.73. The Balaban J connectivity index is 2.43. The summed E-state index contributed by atoms with van der Waals surface area (Å²) < 4.78 is 37.6. The van der Waals surface area contributed by atoms with E-state index in [2.05, 4.69) is 10.1 Å². The molecule has 0 amide bonds. The lowest BCUT2D eigenvalue weighted by molar-refractivity contribution is 0.0606. The molecule has 2 rings (SSSR count). The number of ether oxygens (including phenoxy) is 2. The predicted octanol–water partition coefficient (Wildman–Crippen LogP) is 1.31. The standard InChI is InChI=1S/C14H22N2O5S2/c1-4-7-16(10-5-6-15-9-10)23(18,19)14-11(20-2)8-12(22-14)13(17)21-3/h8,10,15H,4-7,9H2,1-3H3. The Morgan fingerprint density at radius 1 is 1.48 bits per heavy atom. The number of methoxy groups -OCH3 is 2. The maximum Gasteiger partial charge on any atom is 0.348 e. The number of thiophene rings is 1. The number of rotatable bonds is 7. The van der Waals surface area contributed by atoms with Gasteiger partial charge in [-0.15, -0.1) is 11.3 Å². The zero-order valence-corrected chi connectivity index (χ0v) is 15.1. The molecule has 0 saturated carbocycles. The maximum atomic E-state index is 13.1. The minimum absolute atomic E-state index is 0.0563. The van der Waals surface area contributed by atoms with Crippen LogP contribution in [0, 0.1) is 0 Å². The number of sulfonamides is 1. The van der Waals surface area contributed by atoms with Crippen LogP contribution in [0.1, 0.15) is 29.4 Å². The molecule has 1 aliphatic rings. The molecule has 1 aliphatic heterocycles. The molecule has 1 fully saturated rings. The molecule has 7 nitrogen and oxygen atoms in total. The van der Waals surface area contributed by atoms with Crippen molar-refractivity contribution in [3.63, 3.8) is 0 Å². The number of nitrogens with one attached hydrogen (secondary N) is 1. The van der Waals surface area contributed by atoms with Gasteiger partial charge in [-0.1, -0.05) is 6.92 Å². The maximum absolute atomic E-state index is 13.1. The van der Waals surface area contributed by atoms with Gasteiger partial charge in [0.05, 0.1) is 14.2 Å². The van der Waals surface area contributed by atoms with Crippen LogP contribution >= 0.6 is 11.3 Å². The lowest BCUT2D eigenvalue weighted by Gasteiger charge is -2.26. The summed E-state index contributed by atoms with van der Waals surface area (Å²) in [6.07, 6.45) is 1.49. The molecule has 1 aromatic heterocycles. The monoisotopic (exact) mass is 362 g/mol. The summed E-state index contributed by atoms with van der Waals surface area (Å²) in [5.41, 5.74) is 0. The van der Waals surface area contributed by atoms with Crippen LogP contribution in [0.15, 0.2) is 10.3 Å². The summed E-state index contributed by atoms with van der Waals surface area (Å²) in [5.74, 6) is -0.387. The Labute approximate surface area is 140 Å². The molecule has 130 valence electrons. The molecule has 1 N–H and O–H groups in total. The van der Waals surface area contributed by atoms with E-state index in [1.54, 1.807) is 0 Å². The lowest BCUT2D eigenvalue weighted by Crippen LogP contribution is -2.41. The molecule has 0 bridgehead atoms. The molecule has 1 unspecified atom stereocenters.